The first-order valence-corrected chi connectivity index (χ1v) is 8.49. The van der Waals surface area contributed by atoms with Crippen LogP contribution < -0.4 is 15.4 Å². The molecule has 2 N–H and O–H groups in total. The van der Waals surface area contributed by atoms with Crippen LogP contribution in [0.15, 0.2) is 30.5 Å². The molecule has 0 bridgehead atoms. The Kier molecular flexibility index (Phi) is 6.40. The first-order valence-electron chi connectivity index (χ1n) is 7.67. The zero-order valence-corrected chi connectivity index (χ0v) is 14.6. The molecule has 1 aromatic heterocycles. The second-order valence-corrected chi connectivity index (χ2v) is 7.05. The Morgan fingerprint density at radius 2 is 1.91 bits per heavy atom. The maximum absolute atomic E-state index is 11.8. The topological polar surface area (TPSA) is 63.2 Å². The number of hydrogen-bond donors (Lipinski definition) is 2. The van der Waals surface area contributed by atoms with E-state index in [1.54, 1.807) is 17.5 Å². The van der Waals surface area contributed by atoms with Gasteiger partial charge in [0.15, 0.2) is 0 Å². The number of aromatic nitrogens is 1. The van der Waals surface area contributed by atoms with E-state index in [0.717, 1.165) is 21.2 Å². The van der Waals surface area contributed by atoms with Crippen LogP contribution >= 0.6 is 11.3 Å². The van der Waals surface area contributed by atoms with Gasteiger partial charge in [-0.3, -0.25) is 0 Å². The normalized spacial score (nSPS) is 10.6. The summed E-state index contributed by atoms with van der Waals surface area (Å²) in [6.45, 7) is 7.87. The van der Waals surface area contributed by atoms with Gasteiger partial charge in [0.2, 0.25) is 0 Å². The van der Waals surface area contributed by atoms with Gasteiger partial charge < -0.3 is 15.4 Å². The lowest BCUT2D eigenvalue weighted by molar-refractivity contribution is 0.240. The highest BCUT2D eigenvalue weighted by Gasteiger charge is 2.03. The highest BCUT2D eigenvalue weighted by Crippen LogP contribution is 2.13. The third-order valence-corrected chi connectivity index (χ3v) is 3.96. The van der Waals surface area contributed by atoms with Gasteiger partial charge in [-0.2, -0.15) is 0 Å². The molecule has 1 heterocycles. The molecule has 23 heavy (non-hydrogen) atoms. The van der Waals surface area contributed by atoms with Crippen LogP contribution in [-0.4, -0.2) is 17.6 Å². The molecule has 0 spiro atoms. The number of rotatable bonds is 7. The summed E-state index contributed by atoms with van der Waals surface area (Å²) < 4.78 is 5.63. The molecule has 0 atom stereocenters. The first-order chi connectivity index (χ1) is 11.0. The van der Waals surface area contributed by atoms with Gasteiger partial charge in [-0.15, -0.1) is 11.3 Å². The third kappa shape index (κ3) is 6.28. The summed E-state index contributed by atoms with van der Waals surface area (Å²) in [4.78, 5) is 17.0. The highest BCUT2D eigenvalue weighted by molar-refractivity contribution is 7.11. The van der Waals surface area contributed by atoms with E-state index in [0.29, 0.717) is 25.6 Å². The van der Waals surface area contributed by atoms with Gasteiger partial charge in [-0.05, 0) is 30.5 Å². The van der Waals surface area contributed by atoms with Crippen molar-refractivity contribution in [2.24, 2.45) is 5.92 Å². The predicted octanol–water partition coefficient (Wildman–Crippen LogP) is 3.49. The van der Waals surface area contributed by atoms with Crippen molar-refractivity contribution in [2.45, 2.75) is 33.9 Å². The molecule has 0 fully saturated rings. The SMILES string of the molecule is Cc1ncc(CNC(=O)NCc2ccc(OCC(C)C)cc2)s1. The van der Waals surface area contributed by atoms with Crippen molar-refractivity contribution in [3.8, 4) is 5.75 Å². The largest absolute Gasteiger partial charge is 0.493 e. The maximum atomic E-state index is 11.8. The lowest BCUT2D eigenvalue weighted by atomic mass is 10.2. The zero-order valence-electron chi connectivity index (χ0n) is 13.8. The molecule has 0 unspecified atom stereocenters. The minimum atomic E-state index is -0.184. The van der Waals surface area contributed by atoms with Gasteiger partial charge in [0, 0.05) is 17.6 Å². The van der Waals surface area contributed by atoms with Gasteiger partial charge in [0.05, 0.1) is 18.2 Å². The molecule has 2 amide bonds. The summed E-state index contributed by atoms with van der Waals surface area (Å²) in [7, 11) is 0. The van der Waals surface area contributed by atoms with E-state index in [9.17, 15) is 4.79 Å². The summed E-state index contributed by atoms with van der Waals surface area (Å²) in [5.74, 6) is 1.36. The molecular weight excluding hydrogens is 310 g/mol. The lowest BCUT2D eigenvalue weighted by Gasteiger charge is -2.10. The van der Waals surface area contributed by atoms with Crippen LogP contribution in [0.2, 0.25) is 0 Å². The van der Waals surface area contributed by atoms with Crippen molar-refractivity contribution in [1.29, 1.82) is 0 Å². The second kappa shape index (κ2) is 8.53. The van der Waals surface area contributed by atoms with E-state index >= 15 is 0 Å². The number of aryl methyl sites for hydroxylation is 1. The van der Waals surface area contributed by atoms with Gasteiger partial charge in [0.1, 0.15) is 5.75 Å². The molecule has 0 aliphatic heterocycles. The summed E-state index contributed by atoms with van der Waals surface area (Å²) in [6, 6.07) is 7.59. The van der Waals surface area contributed by atoms with Crippen LogP contribution in [0.25, 0.3) is 0 Å². The third-order valence-electron chi connectivity index (χ3n) is 3.05. The van der Waals surface area contributed by atoms with E-state index in [1.165, 1.54) is 0 Å². The molecular formula is C17H23N3O2S. The minimum absolute atomic E-state index is 0.184. The van der Waals surface area contributed by atoms with Crippen LogP contribution in [0.4, 0.5) is 4.79 Å². The number of hydrogen-bond acceptors (Lipinski definition) is 4. The summed E-state index contributed by atoms with van der Waals surface area (Å²) in [5.41, 5.74) is 1.03. The fourth-order valence-corrected chi connectivity index (χ4v) is 2.60. The predicted molar refractivity (Wildman–Crippen MR) is 92.7 cm³/mol. The maximum Gasteiger partial charge on any atom is 0.315 e. The van der Waals surface area contributed by atoms with E-state index in [1.807, 2.05) is 31.2 Å². The smallest absolute Gasteiger partial charge is 0.315 e. The molecule has 2 aromatic rings. The van der Waals surface area contributed by atoms with Gasteiger partial charge in [-0.1, -0.05) is 26.0 Å². The molecule has 6 heteroatoms. The number of benzene rings is 1. The first kappa shape index (κ1) is 17.3. The number of urea groups is 1. The number of carbonyl (C=O) groups excluding carboxylic acids is 1. The highest BCUT2D eigenvalue weighted by atomic mass is 32.1. The summed E-state index contributed by atoms with van der Waals surface area (Å²) >= 11 is 1.58. The number of carbonyl (C=O) groups is 1. The van der Waals surface area contributed by atoms with Gasteiger partial charge in [0.25, 0.3) is 0 Å². The fourth-order valence-electron chi connectivity index (χ4n) is 1.87. The molecule has 1 aromatic carbocycles. The van der Waals surface area contributed by atoms with E-state index < -0.39 is 0 Å². The second-order valence-electron chi connectivity index (χ2n) is 5.73. The molecule has 0 saturated heterocycles. The van der Waals surface area contributed by atoms with Gasteiger partial charge >= 0.3 is 6.03 Å². The number of thiazole rings is 1. The van der Waals surface area contributed by atoms with Crippen molar-refractivity contribution in [1.82, 2.24) is 15.6 Å². The Morgan fingerprint density at radius 3 is 2.52 bits per heavy atom. The average molecular weight is 333 g/mol. The van der Waals surface area contributed by atoms with Gasteiger partial charge in [-0.25, -0.2) is 9.78 Å². The number of amides is 2. The molecule has 0 aliphatic rings. The molecule has 0 radical (unpaired) electrons. The van der Waals surface area contributed by atoms with Crippen molar-refractivity contribution < 1.29 is 9.53 Å². The Morgan fingerprint density at radius 1 is 1.22 bits per heavy atom. The van der Waals surface area contributed by atoms with Crippen LogP contribution in [0.3, 0.4) is 0 Å². The Balaban J connectivity index is 1.71. The van der Waals surface area contributed by atoms with E-state index in [-0.39, 0.29) is 6.03 Å². The molecule has 124 valence electrons. The Hall–Kier alpha value is -2.08. The number of nitrogens with one attached hydrogen (secondary N) is 2. The number of nitrogens with zero attached hydrogens (tertiary/aromatic N) is 1. The standard InChI is InChI=1S/C17H23N3O2S/c1-12(2)11-22-15-6-4-14(5-7-15)8-19-17(21)20-10-16-9-18-13(3)23-16/h4-7,9,12H,8,10-11H2,1-3H3,(H2,19,20,21). The zero-order chi connectivity index (χ0) is 16.7. The Labute approximate surface area is 141 Å². The molecule has 0 saturated carbocycles. The minimum Gasteiger partial charge on any atom is -0.493 e. The fraction of sp³-hybridized carbons (Fsp3) is 0.412. The van der Waals surface area contributed by atoms with Crippen molar-refractivity contribution in [3.63, 3.8) is 0 Å². The average Bonchev–Trinajstić information content (AvgIpc) is 2.95. The number of ether oxygens (including phenoxy) is 1. The van der Waals surface area contributed by atoms with Crippen LogP contribution in [0, 0.1) is 12.8 Å². The lowest BCUT2D eigenvalue weighted by Crippen LogP contribution is -2.34. The van der Waals surface area contributed by atoms with Crippen LogP contribution in [0.1, 0.15) is 29.3 Å². The van der Waals surface area contributed by atoms with E-state index in [2.05, 4.69) is 29.5 Å². The Bertz CT molecular complexity index is 623. The molecule has 0 aliphatic carbocycles. The monoisotopic (exact) mass is 333 g/mol. The van der Waals surface area contributed by atoms with Crippen LogP contribution in [-0.2, 0) is 13.1 Å². The quantitative estimate of drug-likeness (QED) is 0.815. The van der Waals surface area contributed by atoms with E-state index in [4.69, 9.17) is 4.74 Å². The van der Waals surface area contributed by atoms with Crippen molar-refractivity contribution >= 4 is 17.4 Å². The molecule has 5 nitrogen and oxygen atoms in total. The van der Waals surface area contributed by atoms with Crippen molar-refractivity contribution in [2.75, 3.05) is 6.61 Å². The summed E-state index contributed by atoms with van der Waals surface area (Å²) in [5, 5.41) is 6.66. The van der Waals surface area contributed by atoms with Crippen molar-refractivity contribution in [3.05, 3.63) is 45.9 Å². The summed E-state index contributed by atoms with van der Waals surface area (Å²) in [6.07, 6.45) is 1.79. The van der Waals surface area contributed by atoms with Crippen LogP contribution in [0.5, 0.6) is 5.75 Å². The molecule has 2 rings (SSSR count).